The lowest BCUT2D eigenvalue weighted by Gasteiger charge is -2.17. The van der Waals surface area contributed by atoms with Crippen molar-refractivity contribution in [3.63, 3.8) is 0 Å². The fraction of sp³-hybridized carbons (Fsp3) is 0.455. The normalized spacial score (nSPS) is 11.8. The summed E-state index contributed by atoms with van der Waals surface area (Å²) in [5, 5.41) is 9.86. The summed E-state index contributed by atoms with van der Waals surface area (Å²) in [6, 6.07) is 3.68. The minimum Gasteiger partial charge on any atom is -0.505 e. The molecule has 0 fully saturated rings. The van der Waals surface area contributed by atoms with E-state index in [0.29, 0.717) is 9.50 Å². The van der Waals surface area contributed by atoms with E-state index >= 15 is 0 Å². The molecular weight excluding hydrogens is 296 g/mol. The van der Waals surface area contributed by atoms with Crippen molar-refractivity contribution in [3.8, 4) is 5.75 Å². The van der Waals surface area contributed by atoms with E-state index in [1.807, 2.05) is 6.07 Å². The predicted molar refractivity (Wildman–Crippen MR) is 71.0 cm³/mol. The van der Waals surface area contributed by atoms with E-state index in [4.69, 9.17) is 11.6 Å². The van der Waals surface area contributed by atoms with E-state index in [0.717, 1.165) is 10.6 Å². The van der Waals surface area contributed by atoms with Crippen molar-refractivity contribution in [2.45, 2.75) is 25.7 Å². The molecule has 0 aliphatic rings. The number of benzene rings is 1. The molecule has 0 bridgehead atoms. The lowest BCUT2D eigenvalue weighted by Crippen LogP contribution is -2.07. The molecule has 0 atom stereocenters. The van der Waals surface area contributed by atoms with Crippen LogP contribution in [-0.2, 0) is 0 Å². The van der Waals surface area contributed by atoms with Gasteiger partial charge in [-0.1, -0.05) is 32.4 Å². The summed E-state index contributed by atoms with van der Waals surface area (Å²) in [6.07, 6.45) is 0. The Bertz CT molecular complexity index is 337. The number of halogens is 2. The summed E-state index contributed by atoms with van der Waals surface area (Å²) < 4.78 is 0.645. The van der Waals surface area contributed by atoms with E-state index in [1.165, 1.54) is 0 Å². The summed E-state index contributed by atoms with van der Waals surface area (Å²) in [7, 11) is 0. The van der Waals surface area contributed by atoms with Gasteiger partial charge in [-0.25, -0.2) is 0 Å². The quantitative estimate of drug-likeness (QED) is 0.780. The smallest absolute Gasteiger partial charge is 0.148 e. The monoisotopic (exact) mass is 308 g/mol. The van der Waals surface area contributed by atoms with Gasteiger partial charge >= 0.3 is 0 Å². The minimum absolute atomic E-state index is 0.108. The van der Waals surface area contributed by atoms with E-state index in [2.05, 4.69) is 36.7 Å². The van der Waals surface area contributed by atoms with Gasteiger partial charge in [-0.15, -0.1) is 11.8 Å². The maximum Gasteiger partial charge on any atom is 0.148 e. The van der Waals surface area contributed by atoms with Crippen LogP contribution < -0.4 is 0 Å². The first-order valence-corrected chi connectivity index (χ1v) is 6.76. The second-order valence-corrected chi connectivity index (χ2v) is 6.90. The number of hydrogen-bond acceptors (Lipinski definition) is 2. The Balaban J connectivity index is 2.80. The number of thioether (sulfide) groups is 1. The first kappa shape index (κ1) is 13.2. The zero-order chi connectivity index (χ0) is 11.6. The molecule has 0 heterocycles. The highest BCUT2D eigenvalue weighted by molar-refractivity contribution is 9.10. The van der Waals surface area contributed by atoms with Gasteiger partial charge in [-0.2, -0.15) is 0 Å². The van der Waals surface area contributed by atoms with Crippen LogP contribution in [0.25, 0.3) is 0 Å². The van der Waals surface area contributed by atoms with Gasteiger partial charge in [0.25, 0.3) is 0 Å². The predicted octanol–water partition coefficient (Wildman–Crippen LogP) is 4.95. The topological polar surface area (TPSA) is 20.2 Å². The van der Waals surface area contributed by atoms with Crippen LogP contribution in [0.5, 0.6) is 5.75 Å². The molecule has 0 aliphatic heterocycles. The molecule has 15 heavy (non-hydrogen) atoms. The Morgan fingerprint density at radius 3 is 2.47 bits per heavy atom. The van der Waals surface area contributed by atoms with Gasteiger partial charge in [0, 0.05) is 10.6 Å². The zero-order valence-electron chi connectivity index (χ0n) is 8.97. The Hall–Kier alpha value is 0.140. The molecule has 0 spiro atoms. The van der Waals surface area contributed by atoms with Gasteiger partial charge in [-0.3, -0.25) is 0 Å². The lowest BCUT2D eigenvalue weighted by molar-refractivity contribution is 0.471. The number of phenols is 1. The summed E-state index contributed by atoms with van der Waals surface area (Å²) in [6.45, 7) is 6.57. The molecule has 84 valence electrons. The molecule has 0 amide bonds. The molecule has 1 aromatic rings. The summed E-state index contributed by atoms with van der Waals surface area (Å²) in [5.74, 6) is 1.12. The molecule has 0 aromatic heterocycles. The molecule has 1 nitrogen and oxygen atoms in total. The number of phenolic OH excluding ortho intramolecular Hbond substituents is 1. The van der Waals surface area contributed by atoms with E-state index in [-0.39, 0.29) is 11.2 Å². The van der Waals surface area contributed by atoms with Crippen molar-refractivity contribution in [3.05, 3.63) is 21.6 Å². The molecule has 1 aromatic carbocycles. The number of aromatic hydroxyl groups is 1. The average molecular weight is 310 g/mol. The SMILES string of the molecule is CC(C)(C)CSc1cc(Cl)c(O)c(Br)c1. The summed E-state index contributed by atoms with van der Waals surface area (Å²) >= 11 is 10.9. The fourth-order valence-corrected chi connectivity index (χ4v) is 2.94. The molecular formula is C11H14BrClOS. The maximum absolute atomic E-state index is 9.47. The van der Waals surface area contributed by atoms with Crippen molar-refractivity contribution in [2.24, 2.45) is 5.41 Å². The molecule has 1 rings (SSSR count). The van der Waals surface area contributed by atoms with Crippen LogP contribution in [0, 0.1) is 5.41 Å². The third kappa shape index (κ3) is 4.25. The minimum atomic E-state index is 0.108. The van der Waals surface area contributed by atoms with Crippen molar-refractivity contribution in [1.29, 1.82) is 0 Å². The molecule has 0 aliphatic carbocycles. The van der Waals surface area contributed by atoms with Crippen molar-refractivity contribution in [1.82, 2.24) is 0 Å². The van der Waals surface area contributed by atoms with E-state index in [1.54, 1.807) is 17.8 Å². The molecule has 4 heteroatoms. The largest absolute Gasteiger partial charge is 0.505 e. The van der Waals surface area contributed by atoms with Crippen molar-refractivity contribution in [2.75, 3.05) is 5.75 Å². The van der Waals surface area contributed by atoms with Gasteiger partial charge < -0.3 is 5.11 Å². The highest BCUT2D eigenvalue weighted by atomic mass is 79.9. The number of hydrogen-bond donors (Lipinski definition) is 1. The van der Waals surface area contributed by atoms with Gasteiger partial charge in [0.05, 0.1) is 9.50 Å². The summed E-state index contributed by atoms with van der Waals surface area (Å²) in [4.78, 5) is 1.07. The van der Waals surface area contributed by atoms with Crippen molar-refractivity contribution >= 4 is 39.3 Å². The number of rotatable bonds is 2. The Morgan fingerprint density at radius 2 is 2.00 bits per heavy atom. The van der Waals surface area contributed by atoms with E-state index < -0.39 is 0 Å². The second kappa shape index (κ2) is 4.98. The first-order valence-electron chi connectivity index (χ1n) is 4.60. The van der Waals surface area contributed by atoms with Crippen LogP contribution in [0.2, 0.25) is 5.02 Å². The van der Waals surface area contributed by atoms with Gasteiger partial charge in [0.1, 0.15) is 5.75 Å². The van der Waals surface area contributed by atoms with Crippen molar-refractivity contribution < 1.29 is 5.11 Å². The van der Waals surface area contributed by atoms with Crippen LogP contribution in [0.1, 0.15) is 20.8 Å². The highest BCUT2D eigenvalue weighted by Gasteiger charge is 2.12. The maximum atomic E-state index is 9.47. The van der Waals surface area contributed by atoms with Crippen LogP contribution in [-0.4, -0.2) is 10.9 Å². The molecule has 0 saturated heterocycles. The first-order chi connectivity index (χ1) is 6.79. The average Bonchev–Trinajstić information content (AvgIpc) is 2.09. The lowest BCUT2D eigenvalue weighted by atomic mass is 10.0. The fourth-order valence-electron chi connectivity index (χ4n) is 0.925. The summed E-state index contributed by atoms with van der Waals surface area (Å²) in [5.41, 5.74) is 0.279. The molecule has 1 N–H and O–H groups in total. The highest BCUT2D eigenvalue weighted by Crippen LogP contribution is 2.37. The van der Waals surface area contributed by atoms with Crippen LogP contribution >= 0.6 is 39.3 Å². The standard InChI is InChI=1S/C11H14BrClOS/c1-11(2,3)6-15-7-4-8(12)10(14)9(13)5-7/h4-5,14H,6H2,1-3H3. The second-order valence-electron chi connectivity index (χ2n) is 4.58. The van der Waals surface area contributed by atoms with Crippen LogP contribution in [0.4, 0.5) is 0 Å². The third-order valence-corrected chi connectivity index (χ3v) is 4.13. The Kier molecular flexibility index (Phi) is 4.38. The molecule has 0 unspecified atom stereocenters. The van der Waals surface area contributed by atoms with Gasteiger partial charge in [0.15, 0.2) is 0 Å². The van der Waals surface area contributed by atoms with Gasteiger partial charge in [0.2, 0.25) is 0 Å². The molecule has 0 saturated carbocycles. The Morgan fingerprint density at radius 1 is 1.40 bits per heavy atom. The Labute approximate surface area is 108 Å². The van der Waals surface area contributed by atoms with Crippen LogP contribution in [0.3, 0.4) is 0 Å². The third-order valence-electron chi connectivity index (χ3n) is 1.66. The molecule has 0 radical (unpaired) electrons. The van der Waals surface area contributed by atoms with Crippen LogP contribution in [0.15, 0.2) is 21.5 Å². The van der Waals surface area contributed by atoms with E-state index in [9.17, 15) is 5.11 Å². The zero-order valence-corrected chi connectivity index (χ0v) is 12.1. The van der Waals surface area contributed by atoms with Gasteiger partial charge in [-0.05, 0) is 33.5 Å².